The Bertz CT molecular complexity index is 118. The molecule has 0 fully saturated rings. The second-order valence-corrected chi connectivity index (χ2v) is 2.47. The molecule has 0 spiro atoms. The first kappa shape index (κ1) is 5.76. The molecule has 1 heterocycles. The molecule has 1 radical (unpaired) electrons. The second kappa shape index (κ2) is 2.82. The highest BCUT2D eigenvalue weighted by Crippen LogP contribution is 2.05. The predicted molar refractivity (Wildman–Crippen MR) is 37.4 cm³/mol. The first-order chi connectivity index (χ1) is 3.93. The van der Waals surface area contributed by atoms with Gasteiger partial charge >= 0.3 is 0 Å². The molecule has 0 aliphatic carbocycles. The summed E-state index contributed by atoms with van der Waals surface area (Å²) >= 11 is 1.78. The van der Waals surface area contributed by atoms with Crippen LogP contribution in [0.1, 0.15) is 0 Å². The Kier molecular flexibility index (Phi) is 2.03. The van der Waals surface area contributed by atoms with E-state index in [4.69, 9.17) is 0 Å². The molecule has 1 unspecified atom stereocenters. The molecule has 0 aromatic rings. The Morgan fingerprint density at radius 3 is 3.00 bits per heavy atom. The summed E-state index contributed by atoms with van der Waals surface area (Å²) < 4.78 is 0. The van der Waals surface area contributed by atoms with Gasteiger partial charge in [-0.3, -0.25) is 0 Å². The minimum absolute atomic E-state index is 0.455. The summed E-state index contributed by atoms with van der Waals surface area (Å²) in [5, 5.41) is 3.56. The normalized spacial score (nSPS) is 25.4. The van der Waals surface area contributed by atoms with E-state index < -0.39 is 0 Å². The smallest absolute Gasteiger partial charge is 0.0905 e. The van der Waals surface area contributed by atoms with E-state index in [-0.39, 0.29) is 0 Å². The maximum atomic E-state index is 3.11. The molecule has 8 heavy (non-hydrogen) atoms. The van der Waals surface area contributed by atoms with Crippen LogP contribution >= 0.6 is 11.8 Å². The number of allylic oxidation sites excluding steroid dienone is 2. The summed E-state index contributed by atoms with van der Waals surface area (Å²) in [4.78, 5) is 0. The standard InChI is InChI=1S/C6H8NS/c1-8-6-4-2-3-5-7-6/h2,4-7H,1H3. The molecular formula is C6H8NS. The van der Waals surface area contributed by atoms with Crippen molar-refractivity contribution in [2.24, 2.45) is 0 Å². The van der Waals surface area contributed by atoms with E-state index in [0.717, 1.165) is 0 Å². The van der Waals surface area contributed by atoms with Gasteiger partial charge in [0.05, 0.1) is 5.37 Å². The molecule has 1 nitrogen and oxygen atoms in total. The van der Waals surface area contributed by atoms with Gasteiger partial charge in [-0.05, 0) is 12.3 Å². The molecule has 43 valence electrons. The molecule has 0 bridgehead atoms. The Morgan fingerprint density at radius 1 is 1.75 bits per heavy atom. The fraction of sp³-hybridized carbons (Fsp3) is 0.333. The van der Waals surface area contributed by atoms with Crippen molar-refractivity contribution >= 4 is 11.8 Å². The molecule has 0 aromatic heterocycles. The Balaban J connectivity index is 2.40. The molecular weight excluding hydrogens is 118 g/mol. The van der Waals surface area contributed by atoms with Crippen molar-refractivity contribution < 1.29 is 0 Å². The lowest BCUT2D eigenvalue weighted by molar-refractivity contribution is 0.910. The van der Waals surface area contributed by atoms with Crippen molar-refractivity contribution in [1.82, 2.24) is 5.32 Å². The van der Waals surface area contributed by atoms with Crippen molar-refractivity contribution in [2.75, 3.05) is 6.26 Å². The quantitative estimate of drug-likeness (QED) is 0.565. The predicted octanol–water partition coefficient (Wildman–Crippen LogP) is 1.15. The van der Waals surface area contributed by atoms with Gasteiger partial charge in [-0.2, -0.15) is 0 Å². The summed E-state index contributed by atoms with van der Waals surface area (Å²) in [5.41, 5.74) is 0. The highest BCUT2D eigenvalue weighted by Gasteiger charge is 1.97. The maximum absolute atomic E-state index is 3.11. The topological polar surface area (TPSA) is 12.0 Å². The largest absolute Gasteiger partial charge is 0.375 e. The molecule has 1 atom stereocenters. The molecule has 1 aliphatic heterocycles. The number of nitrogens with one attached hydrogen (secondary N) is 1. The third-order valence-electron chi connectivity index (χ3n) is 0.952. The van der Waals surface area contributed by atoms with Gasteiger partial charge in [0.25, 0.3) is 0 Å². The van der Waals surface area contributed by atoms with Crippen molar-refractivity contribution in [2.45, 2.75) is 5.37 Å². The van der Waals surface area contributed by atoms with E-state index >= 15 is 0 Å². The molecule has 1 N–H and O–H groups in total. The van der Waals surface area contributed by atoms with Crippen molar-refractivity contribution in [3.8, 4) is 0 Å². The molecule has 1 rings (SSSR count). The minimum Gasteiger partial charge on any atom is -0.375 e. The average molecular weight is 126 g/mol. The molecule has 0 saturated heterocycles. The Hall–Kier alpha value is -0.370. The van der Waals surface area contributed by atoms with E-state index in [1.165, 1.54) is 0 Å². The van der Waals surface area contributed by atoms with Crippen LogP contribution in [0.5, 0.6) is 0 Å². The van der Waals surface area contributed by atoms with Crippen LogP contribution in [0.3, 0.4) is 0 Å². The summed E-state index contributed by atoms with van der Waals surface area (Å²) in [6, 6.07) is 0. The van der Waals surface area contributed by atoms with Crippen LogP contribution < -0.4 is 5.32 Å². The number of thioether (sulfide) groups is 1. The zero-order valence-electron chi connectivity index (χ0n) is 4.72. The summed E-state index contributed by atoms with van der Waals surface area (Å²) in [5.74, 6) is 0. The van der Waals surface area contributed by atoms with Crippen LogP contribution in [0.2, 0.25) is 0 Å². The van der Waals surface area contributed by atoms with Gasteiger partial charge in [0.1, 0.15) is 0 Å². The van der Waals surface area contributed by atoms with Gasteiger partial charge in [-0.25, -0.2) is 0 Å². The van der Waals surface area contributed by atoms with E-state index in [0.29, 0.717) is 5.37 Å². The molecule has 0 aromatic carbocycles. The van der Waals surface area contributed by atoms with E-state index in [2.05, 4.69) is 23.7 Å². The Labute approximate surface area is 53.9 Å². The van der Waals surface area contributed by atoms with Crippen LogP contribution in [0, 0.1) is 6.08 Å². The molecule has 0 saturated carbocycles. The fourth-order valence-corrected chi connectivity index (χ4v) is 0.963. The van der Waals surface area contributed by atoms with Crippen LogP contribution in [0.4, 0.5) is 0 Å². The summed E-state index contributed by atoms with van der Waals surface area (Å²) in [7, 11) is 0. The molecule has 0 amide bonds. The SMILES string of the molecule is CSC1C=C[C]=CN1. The zero-order valence-corrected chi connectivity index (χ0v) is 5.53. The number of dihydropyridines is 1. The van der Waals surface area contributed by atoms with Gasteiger partial charge in [-0.1, -0.05) is 12.2 Å². The maximum Gasteiger partial charge on any atom is 0.0905 e. The summed E-state index contributed by atoms with van der Waals surface area (Å²) in [6.07, 6.45) is 10.8. The first-order valence-electron chi connectivity index (χ1n) is 2.47. The highest BCUT2D eigenvalue weighted by atomic mass is 32.2. The highest BCUT2D eigenvalue weighted by molar-refractivity contribution is 7.99. The van der Waals surface area contributed by atoms with Crippen LogP contribution in [-0.2, 0) is 0 Å². The monoisotopic (exact) mass is 126 g/mol. The van der Waals surface area contributed by atoms with Gasteiger partial charge in [0.2, 0.25) is 0 Å². The summed E-state index contributed by atoms with van der Waals surface area (Å²) in [6.45, 7) is 0. The van der Waals surface area contributed by atoms with Gasteiger partial charge in [0, 0.05) is 6.20 Å². The van der Waals surface area contributed by atoms with Gasteiger partial charge in [0.15, 0.2) is 0 Å². The molecule has 1 aliphatic rings. The third kappa shape index (κ3) is 1.30. The van der Waals surface area contributed by atoms with Crippen LogP contribution in [-0.4, -0.2) is 11.6 Å². The van der Waals surface area contributed by atoms with Crippen LogP contribution in [0.25, 0.3) is 0 Å². The Morgan fingerprint density at radius 2 is 2.62 bits per heavy atom. The second-order valence-electron chi connectivity index (χ2n) is 1.49. The van der Waals surface area contributed by atoms with Gasteiger partial charge in [-0.15, -0.1) is 11.8 Å². The van der Waals surface area contributed by atoms with Crippen molar-refractivity contribution in [3.63, 3.8) is 0 Å². The van der Waals surface area contributed by atoms with E-state index in [1.54, 1.807) is 11.8 Å². The number of hydrogen-bond donors (Lipinski definition) is 1. The van der Waals surface area contributed by atoms with Crippen LogP contribution in [0.15, 0.2) is 18.4 Å². The van der Waals surface area contributed by atoms with Gasteiger partial charge < -0.3 is 5.32 Å². The fourth-order valence-electron chi connectivity index (χ4n) is 0.523. The zero-order chi connectivity index (χ0) is 5.82. The van der Waals surface area contributed by atoms with E-state index in [1.807, 2.05) is 12.3 Å². The molecule has 2 heteroatoms. The third-order valence-corrected chi connectivity index (χ3v) is 1.75. The minimum atomic E-state index is 0.455. The lowest BCUT2D eigenvalue weighted by Crippen LogP contribution is -2.18. The van der Waals surface area contributed by atoms with Crippen molar-refractivity contribution in [3.05, 3.63) is 24.4 Å². The van der Waals surface area contributed by atoms with E-state index in [9.17, 15) is 0 Å². The lowest BCUT2D eigenvalue weighted by Gasteiger charge is -2.10. The number of rotatable bonds is 1. The average Bonchev–Trinajstić information content (AvgIpc) is 1.90. The lowest BCUT2D eigenvalue weighted by atomic mass is 10.4. The van der Waals surface area contributed by atoms with Crippen molar-refractivity contribution in [1.29, 1.82) is 0 Å². The first-order valence-corrected chi connectivity index (χ1v) is 3.75. The number of hydrogen-bond acceptors (Lipinski definition) is 2.